The number of carboxylic acids is 1. The van der Waals surface area contributed by atoms with E-state index in [9.17, 15) is 4.79 Å². The molecule has 0 bridgehead atoms. The molecule has 0 aliphatic carbocycles. The number of nitrogens with zero attached hydrogens (tertiary/aromatic N) is 1. The van der Waals surface area contributed by atoms with Gasteiger partial charge in [-0.1, -0.05) is 6.92 Å². The lowest BCUT2D eigenvalue weighted by molar-refractivity contribution is 0.0659. The first-order valence-electron chi connectivity index (χ1n) is 4.14. The third-order valence-corrected chi connectivity index (χ3v) is 1.84. The van der Waals surface area contributed by atoms with Gasteiger partial charge in [0.25, 0.3) is 0 Å². The Morgan fingerprint density at radius 1 is 1.62 bits per heavy atom. The lowest BCUT2D eigenvalue weighted by Crippen LogP contribution is -2.16. The molecule has 4 heteroatoms. The average molecular weight is 183 g/mol. The van der Waals surface area contributed by atoms with Gasteiger partial charge in [-0.05, 0) is 25.7 Å². The molecule has 0 unspecified atom stereocenters. The minimum atomic E-state index is -1.02. The first-order valence-corrected chi connectivity index (χ1v) is 4.14. The van der Waals surface area contributed by atoms with Gasteiger partial charge in [-0.2, -0.15) is 0 Å². The van der Waals surface area contributed by atoms with Crippen LogP contribution in [0.1, 0.15) is 23.2 Å². The van der Waals surface area contributed by atoms with Crippen LogP contribution in [0.3, 0.4) is 0 Å². The maximum Gasteiger partial charge on any atom is 0.371 e. The van der Waals surface area contributed by atoms with Crippen LogP contribution in [-0.4, -0.2) is 29.6 Å². The van der Waals surface area contributed by atoms with Crippen LogP contribution >= 0.6 is 0 Å². The molecule has 0 saturated carbocycles. The summed E-state index contributed by atoms with van der Waals surface area (Å²) in [5.74, 6) is -0.341. The molecule has 0 aliphatic rings. The molecule has 1 N–H and O–H groups in total. The van der Waals surface area contributed by atoms with Crippen LogP contribution in [0.15, 0.2) is 16.5 Å². The van der Waals surface area contributed by atoms with E-state index < -0.39 is 5.97 Å². The Balaban J connectivity index is 2.64. The predicted octanol–water partition coefficient (Wildman–Crippen LogP) is 1.43. The fraction of sp³-hybridized carbons (Fsp3) is 0.444. The second kappa shape index (κ2) is 4.09. The first kappa shape index (κ1) is 9.80. The summed E-state index contributed by atoms with van der Waals surface area (Å²) in [6, 6.07) is 3.16. The Kier molecular flexibility index (Phi) is 3.08. The van der Waals surface area contributed by atoms with Crippen molar-refractivity contribution in [3.63, 3.8) is 0 Å². The number of carbonyl (C=O) groups is 1. The average Bonchev–Trinajstić information content (AvgIpc) is 2.52. The zero-order valence-electron chi connectivity index (χ0n) is 7.78. The monoisotopic (exact) mass is 183 g/mol. The van der Waals surface area contributed by atoms with Crippen molar-refractivity contribution in [1.29, 1.82) is 0 Å². The van der Waals surface area contributed by atoms with Crippen molar-refractivity contribution in [2.75, 3.05) is 13.6 Å². The first-order chi connectivity index (χ1) is 6.13. The molecule has 0 amide bonds. The highest BCUT2D eigenvalue weighted by Crippen LogP contribution is 2.09. The summed E-state index contributed by atoms with van der Waals surface area (Å²) in [7, 11) is 1.95. The summed E-state index contributed by atoms with van der Waals surface area (Å²) in [5, 5.41) is 8.58. The van der Waals surface area contributed by atoms with E-state index in [-0.39, 0.29) is 5.76 Å². The van der Waals surface area contributed by atoms with Crippen LogP contribution < -0.4 is 0 Å². The number of furan rings is 1. The van der Waals surface area contributed by atoms with Crippen LogP contribution in [0.5, 0.6) is 0 Å². The molecule has 1 rings (SSSR count). The molecule has 4 nitrogen and oxygen atoms in total. The van der Waals surface area contributed by atoms with Crippen molar-refractivity contribution in [2.45, 2.75) is 13.5 Å². The van der Waals surface area contributed by atoms with Crippen molar-refractivity contribution >= 4 is 5.97 Å². The van der Waals surface area contributed by atoms with Gasteiger partial charge in [0, 0.05) is 0 Å². The van der Waals surface area contributed by atoms with Gasteiger partial charge in [0.05, 0.1) is 6.54 Å². The topological polar surface area (TPSA) is 53.7 Å². The van der Waals surface area contributed by atoms with E-state index in [0.29, 0.717) is 12.3 Å². The van der Waals surface area contributed by atoms with Gasteiger partial charge in [-0.25, -0.2) is 4.79 Å². The van der Waals surface area contributed by atoms with Crippen molar-refractivity contribution in [2.24, 2.45) is 0 Å². The summed E-state index contributed by atoms with van der Waals surface area (Å²) in [5.41, 5.74) is 0. The molecule has 13 heavy (non-hydrogen) atoms. The van der Waals surface area contributed by atoms with E-state index in [1.165, 1.54) is 6.07 Å². The number of hydrogen-bond acceptors (Lipinski definition) is 3. The maximum absolute atomic E-state index is 10.5. The SMILES string of the molecule is CCN(C)Cc1ccc(C(=O)O)o1. The Labute approximate surface area is 76.8 Å². The predicted molar refractivity (Wildman–Crippen MR) is 47.7 cm³/mol. The zero-order chi connectivity index (χ0) is 9.84. The quantitative estimate of drug-likeness (QED) is 0.767. The highest BCUT2D eigenvalue weighted by atomic mass is 16.4. The molecule has 0 atom stereocenters. The van der Waals surface area contributed by atoms with Crippen molar-refractivity contribution in [3.05, 3.63) is 23.7 Å². The molecule has 1 heterocycles. The summed E-state index contributed by atoms with van der Waals surface area (Å²) >= 11 is 0. The minimum absolute atomic E-state index is 0.000460. The van der Waals surface area contributed by atoms with Crippen LogP contribution in [0, 0.1) is 0 Å². The Morgan fingerprint density at radius 3 is 2.77 bits per heavy atom. The van der Waals surface area contributed by atoms with Crippen LogP contribution in [0.2, 0.25) is 0 Å². The fourth-order valence-corrected chi connectivity index (χ4v) is 0.956. The standard InChI is InChI=1S/C9H13NO3/c1-3-10(2)6-7-4-5-8(13-7)9(11)12/h4-5H,3,6H2,1-2H3,(H,11,12). The third kappa shape index (κ3) is 2.59. The zero-order valence-corrected chi connectivity index (χ0v) is 7.78. The van der Waals surface area contributed by atoms with E-state index >= 15 is 0 Å². The summed E-state index contributed by atoms with van der Waals surface area (Å²) < 4.78 is 5.08. The van der Waals surface area contributed by atoms with Crippen LogP contribution in [-0.2, 0) is 6.54 Å². The summed E-state index contributed by atoms with van der Waals surface area (Å²) in [4.78, 5) is 12.5. The van der Waals surface area contributed by atoms with Crippen LogP contribution in [0.25, 0.3) is 0 Å². The van der Waals surface area contributed by atoms with Gasteiger partial charge >= 0.3 is 5.97 Å². The Morgan fingerprint density at radius 2 is 2.31 bits per heavy atom. The number of aromatic carboxylic acids is 1. The van der Waals surface area contributed by atoms with Crippen LogP contribution in [0.4, 0.5) is 0 Å². The van der Waals surface area contributed by atoms with Gasteiger partial charge in [0.2, 0.25) is 5.76 Å². The van der Waals surface area contributed by atoms with E-state index in [1.54, 1.807) is 6.07 Å². The Bertz CT molecular complexity index is 293. The largest absolute Gasteiger partial charge is 0.475 e. The molecule has 0 fully saturated rings. The smallest absolute Gasteiger partial charge is 0.371 e. The van der Waals surface area contributed by atoms with Gasteiger partial charge < -0.3 is 9.52 Å². The maximum atomic E-state index is 10.5. The molecule has 1 aromatic heterocycles. The van der Waals surface area contributed by atoms with E-state index in [4.69, 9.17) is 9.52 Å². The molecular formula is C9H13NO3. The van der Waals surface area contributed by atoms with Gasteiger partial charge in [0.15, 0.2) is 0 Å². The summed E-state index contributed by atoms with van der Waals surface area (Å²) in [6.07, 6.45) is 0. The molecular weight excluding hydrogens is 170 g/mol. The number of rotatable bonds is 4. The molecule has 72 valence electrons. The van der Waals surface area contributed by atoms with Gasteiger partial charge in [-0.15, -0.1) is 0 Å². The molecule has 1 aromatic rings. The van der Waals surface area contributed by atoms with Gasteiger partial charge in [0.1, 0.15) is 5.76 Å². The van der Waals surface area contributed by atoms with E-state index in [2.05, 4.69) is 0 Å². The second-order valence-corrected chi connectivity index (χ2v) is 2.90. The fourth-order valence-electron chi connectivity index (χ4n) is 0.956. The third-order valence-electron chi connectivity index (χ3n) is 1.84. The van der Waals surface area contributed by atoms with E-state index in [1.807, 2.05) is 18.9 Å². The molecule has 0 aliphatic heterocycles. The normalized spacial score (nSPS) is 10.7. The van der Waals surface area contributed by atoms with Crippen molar-refractivity contribution in [3.8, 4) is 0 Å². The minimum Gasteiger partial charge on any atom is -0.475 e. The molecule has 0 spiro atoms. The molecule has 0 saturated heterocycles. The highest BCUT2D eigenvalue weighted by molar-refractivity contribution is 5.84. The molecule has 0 radical (unpaired) electrons. The number of carboxylic acid groups (broad SMARTS) is 1. The molecule has 0 aromatic carbocycles. The van der Waals surface area contributed by atoms with Gasteiger partial charge in [-0.3, -0.25) is 4.90 Å². The van der Waals surface area contributed by atoms with E-state index in [0.717, 1.165) is 6.54 Å². The lowest BCUT2D eigenvalue weighted by atomic mass is 10.4. The highest BCUT2D eigenvalue weighted by Gasteiger charge is 2.09. The number of hydrogen-bond donors (Lipinski definition) is 1. The summed E-state index contributed by atoms with van der Waals surface area (Å²) in [6.45, 7) is 3.58. The second-order valence-electron chi connectivity index (χ2n) is 2.90. The van der Waals surface area contributed by atoms with Crippen molar-refractivity contribution in [1.82, 2.24) is 4.90 Å². The lowest BCUT2D eigenvalue weighted by Gasteiger charge is -2.10. The van der Waals surface area contributed by atoms with Crippen molar-refractivity contribution < 1.29 is 14.3 Å². The Hall–Kier alpha value is -1.29.